The number of benzene rings is 2. The van der Waals surface area contributed by atoms with Crippen molar-refractivity contribution in [3.63, 3.8) is 0 Å². The first-order valence-corrected chi connectivity index (χ1v) is 11.9. The number of hydrogen-bond donors (Lipinski definition) is 0. The van der Waals surface area contributed by atoms with E-state index in [-0.39, 0.29) is 42.6 Å². The van der Waals surface area contributed by atoms with Crippen molar-refractivity contribution in [2.24, 2.45) is 5.92 Å². The van der Waals surface area contributed by atoms with E-state index in [1.165, 1.54) is 6.07 Å². The lowest BCUT2D eigenvalue weighted by Gasteiger charge is -2.35. The standard InChI is InChI=1S/C27H35FN2O3/c1-20(2)24-19-33-25-15-9-7-13-22(25)27(32)29(3)16-10-4-5-11-17-30(24)26(31)18-21-12-6-8-14-23(21)28/h6-9,12-15,20,24H,4-5,10-11,16-19H2,1-3H3/t24-/m1/s1. The normalized spacial score (nSPS) is 18.5. The summed E-state index contributed by atoms with van der Waals surface area (Å²) < 4.78 is 20.4. The van der Waals surface area contributed by atoms with Crippen LogP contribution in [0.25, 0.3) is 0 Å². The topological polar surface area (TPSA) is 49.9 Å². The van der Waals surface area contributed by atoms with Crippen molar-refractivity contribution in [1.82, 2.24) is 9.80 Å². The van der Waals surface area contributed by atoms with Gasteiger partial charge in [0.1, 0.15) is 18.2 Å². The van der Waals surface area contributed by atoms with E-state index in [1.807, 2.05) is 24.1 Å². The SMILES string of the molecule is CC(C)[C@H]1COc2ccccc2C(=O)N(C)CCCCCCN1C(=O)Cc1ccccc1F. The molecular formula is C27H35FN2O3. The van der Waals surface area contributed by atoms with E-state index in [1.54, 1.807) is 35.2 Å². The van der Waals surface area contributed by atoms with Gasteiger partial charge in [0.15, 0.2) is 0 Å². The first-order valence-electron chi connectivity index (χ1n) is 11.9. The van der Waals surface area contributed by atoms with Gasteiger partial charge in [0, 0.05) is 20.1 Å². The molecule has 0 N–H and O–H groups in total. The average Bonchev–Trinajstić information content (AvgIpc) is 2.80. The van der Waals surface area contributed by atoms with Gasteiger partial charge in [-0.15, -0.1) is 0 Å². The highest BCUT2D eigenvalue weighted by Crippen LogP contribution is 2.23. The second-order valence-corrected chi connectivity index (χ2v) is 9.11. The quantitative estimate of drug-likeness (QED) is 0.660. The summed E-state index contributed by atoms with van der Waals surface area (Å²) >= 11 is 0. The molecule has 33 heavy (non-hydrogen) atoms. The van der Waals surface area contributed by atoms with Crippen molar-refractivity contribution in [2.75, 3.05) is 26.7 Å². The van der Waals surface area contributed by atoms with Crippen LogP contribution in [-0.4, -0.2) is 54.4 Å². The molecule has 178 valence electrons. The Hall–Kier alpha value is -2.89. The zero-order valence-corrected chi connectivity index (χ0v) is 19.9. The predicted molar refractivity (Wildman–Crippen MR) is 128 cm³/mol. The number of halogens is 1. The second-order valence-electron chi connectivity index (χ2n) is 9.11. The minimum atomic E-state index is -0.359. The molecule has 0 spiro atoms. The summed E-state index contributed by atoms with van der Waals surface area (Å²) in [6.07, 6.45) is 3.74. The predicted octanol–water partition coefficient (Wildman–Crippen LogP) is 4.95. The molecule has 0 unspecified atom stereocenters. The van der Waals surface area contributed by atoms with Crippen LogP contribution in [0.3, 0.4) is 0 Å². The summed E-state index contributed by atoms with van der Waals surface area (Å²) in [5, 5.41) is 0. The number of para-hydroxylation sites is 1. The highest BCUT2D eigenvalue weighted by Gasteiger charge is 2.28. The molecule has 1 aliphatic rings. The minimum absolute atomic E-state index is 0.0236. The summed E-state index contributed by atoms with van der Waals surface area (Å²) in [4.78, 5) is 29.9. The molecule has 2 amide bonds. The van der Waals surface area contributed by atoms with Gasteiger partial charge in [-0.25, -0.2) is 4.39 Å². The van der Waals surface area contributed by atoms with Crippen LogP contribution in [-0.2, 0) is 11.2 Å². The van der Waals surface area contributed by atoms with Crippen LogP contribution in [0.1, 0.15) is 55.5 Å². The molecule has 5 nitrogen and oxygen atoms in total. The molecule has 1 aliphatic heterocycles. The van der Waals surface area contributed by atoms with Gasteiger partial charge >= 0.3 is 0 Å². The molecule has 0 saturated heterocycles. The van der Waals surface area contributed by atoms with Crippen molar-refractivity contribution >= 4 is 11.8 Å². The molecule has 2 aromatic rings. The van der Waals surface area contributed by atoms with Crippen molar-refractivity contribution in [2.45, 2.75) is 52.0 Å². The zero-order chi connectivity index (χ0) is 23.8. The third-order valence-corrected chi connectivity index (χ3v) is 6.31. The second kappa shape index (κ2) is 11.8. The highest BCUT2D eigenvalue weighted by atomic mass is 19.1. The average molecular weight is 455 g/mol. The Bertz CT molecular complexity index is 946. The van der Waals surface area contributed by atoms with E-state index in [4.69, 9.17) is 4.74 Å². The van der Waals surface area contributed by atoms with E-state index in [2.05, 4.69) is 13.8 Å². The van der Waals surface area contributed by atoms with Crippen molar-refractivity contribution in [3.8, 4) is 5.75 Å². The van der Waals surface area contributed by atoms with Gasteiger partial charge in [-0.05, 0) is 42.5 Å². The first-order chi connectivity index (χ1) is 15.9. The summed E-state index contributed by atoms with van der Waals surface area (Å²) in [5.41, 5.74) is 0.938. The largest absolute Gasteiger partial charge is 0.491 e. The van der Waals surface area contributed by atoms with E-state index in [9.17, 15) is 14.0 Å². The zero-order valence-electron chi connectivity index (χ0n) is 19.9. The van der Waals surface area contributed by atoms with Crippen molar-refractivity contribution in [3.05, 3.63) is 65.5 Å². The molecule has 2 aromatic carbocycles. The van der Waals surface area contributed by atoms with Gasteiger partial charge < -0.3 is 14.5 Å². The molecule has 6 heteroatoms. The van der Waals surface area contributed by atoms with Gasteiger partial charge in [0.05, 0.1) is 18.0 Å². The number of ether oxygens (including phenoxy) is 1. The Morgan fingerprint density at radius 1 is 1.03 bits per heavy atom. The van der Waals surface area contributed by atoms with Crippen LogP contribution in [0.2, 0.25) is 0 Å². The van der Waals surface area contributed by atoms with Gasteiger partial charge in [0.2, 0.25) is 5.91 Å². The maximum absolute atomic E-state index is 14.2. The number of hydrogen-bond acceptors (Lipinski definition) is 3. The Kier molecular flexibility index (Phi) is 8.87. The number of fused-ring (bicyclic) bond motifs is 1. The van der Waals surface area contributed by atoms with Crippen LogP contribution in [0.5, 0.6) is 5.75 Å². The minimum Gasteiger partial charge on any atom is -0.491 e. The van der Waals surface area contributed by atoms with Gasteiger partial charge in [0.25, 0.3) is 5.91 Å². The van der Waals surface area contributed by atoms with Crippen LogP contribution in [0.15, 0.2) is 48.5 Å². The fraction of sp³-hybridized carbons (Fsp3) is 0.481. The monoisotopic (exact) mass is 454 g/mol. The molecule has 0 aromatic heterocycles. The summed E-state index contributed by atoms with van der Waals surface area (Å²) in [5.74, 6) is 0.142. The summed E-state index contributed by atoms with van der Waals surface area (Å²) in [7, 11) is 1.82. The lowest BCUT2D eigenvalue weighted by atomic mass is 10.0. The number of carbonyl (C=O) groups is 2. The number of nitrogens with zero attached hydrogens (tertiary/aromatic N) is 2. The Morgan fingerprint density at radius 3 is 2.42 bits per heavy atom. The van der Waals surface area contributed by atoms with Crippen LogP contribution in [0.4, 0.5) is 4.39 Å². The molecule has 0 bridgehead atoms. The van der Waals surface area contributed by atoms with Gasteiger partial charge in [-0.3, -0.25) is 9.59 Å². The molecule has 3 rings (SSSR count). The molecule has 0 fully saturated rings. The lowest BCUT2D eigenvalue weighted by molar-refractivity contribution is -0.134. The molecule has 0 aliphatic carbocycles. The van der Waals surface area contributed by atoms with E-state index < -0.39 is 0 Å². The number of carbonyl (C=O) groups excluding carboxylic acids is 2. The van der Waals surface area contributed by atoms with Gasteiger partial charge in [-0.2, -0.15) is 0 Å². The lowest BCUT2D eigenvalue weighted by Crippen LogP contribution is -2.48. The number of rotatable bonds is 3. The fourth-order valence-corrected chi connectivity index (χ4v) is 4.26. The third kappa shape index (κ3) is 6.56. The molecule has 0 radical (unpaired) electrons. The third-order valence-electron chi connectivity index (χ3n) is 6.31. The number of amides is 2. The van der Waals surface area contributed by atoms with Crippen LogP contribution in [0, 0.1) is 11.7 Å². The van der Waals surface area contributed by atoms with Crippen molar-refractivity contribution < 1.29 is 18.7 Å². The Balaban J connectivity index is 1.87. The van der Waals surface area contributed by atoms with Crippen LogP contribution < -0.4 is 4.74 Å². The smallest absolute Gasteiger partial charge is 0.257 e. The van der Waals surface area contributed by atoms with E-state index >= 15 is 0 Å². The fourth-order valence-electron chi connectivity index (χ4n) is 4.26. The van der Waals surface area contributed by atoms with Crippen LogP contribution >= 0.6 is 0 Å². The van der Waals surface area contributed by atoms with E-state index in [0.29, 0.717) is 30.0 Å². The Morgan fingerprint density at radius 2 is 1.70 bits per heavy atom. The molecule has 1 atom stereocenters. The van der Waals surface area contributed by atoms with Crippen molar-refractivity contribution in [1.29, 1.82) is 0 Å². The molecule has 1 heterocycles. The summed E-state index contributed by atoms with van der Waals surface area (Å²) in [6.45, 7) is 5.68. The highest BCUT2D eigenvalue weighted by molar-refractivity contribution is 5.96. The van der Waals surface area contributed by atoms with E-state index in [0.717, 1.165) is 25.7 Å². The maximum Gasteiger partial charge on any atom is 0.257 e. The molecule has 0 saturated carbocycles. The summed E-state index contributed by atoms with van der Waals surface area (Å²) in [6, 6.07) is 13.5. The molecular weight excluding hydrogens is 419 g/mol. The maximum atomic E-state index is 14.2. The first kappa shape index (κ1) is 24.7. The Labute approximate surface area is 196 Å². The van der Waals surface area contributed by atoms with Gasteiger partial charge in [-0.1, -0.05) is 57.0 Å².